The summed E-state index contributed by atoms with van der Waals surface area (Å²) >= 11 is 0. The molecule has 3 amide bonds. The molecule has 1 aliphatic heterocycles. The number of urea groups is 1. The van der Waals surface area contributed by atoms with E-state index in [4.69, 9.17) is 5.73 Å². The van der Waals surface area contributed by atoms with E-state index in [1.807, 2.05) is 19.1 Å². The van der Waals surface area contributed by atoms with Crippen LogP contribution in [0.25, 0.3) is 0 Å². The van der Waals surface area contributed by atoms with Gasteiger partial charge in [-0.1, -0.05) is 6.07 Å². The van der Waals surface area contributed by atoms with Crippen LogP contribution in [0.2, 0.25) is 0 Å². The third-order valence-electron chi connectivity index (χ3n) is 3.78. The van der Waals surface area contributed by atoms with Crippen LogP contribution < -0.4 is 11.1 Å². The number of hydrogen-bond donors (Lipinski definition) is 2. The Morgan fingerprint density at radius 3 is 2.81 bits per heavy atom. The number of carbonyl (C=O) groups excluding carboxylic acids is 2. The first-order chi connectivity index (χ1) is 9.99. The number of amides is 3. The molecule has 0 unspecified atom stereocenters. The smallest absolute Gasteiger partial charge is 0.319 e. The van der Waals surface area contributed by atoms with Crippen LogP contribution in [0, 0.1) is 6.92 Å². The van der Waals surface area contributed by atoms with Crippen LogP contribution in [-0.4, -0.2) is 48.4 Å². The maximum Gasteiger partial charge on any atom is 0.319 e. The molecule has 1 aliphatic rings. The molecule has 1 aromatic carbocycles. The number of carbonyl (C=O) groups is 2. The molecule has 2 rings (SSSR count). The van der Waals surface area contributed by atoms with Crippen molar-refractivity contribution in [2.45, 2.75) is 19.8 Å². The van der Waals surface area contributed by atoms with E-state index in [1.54, 1.807) is 22.9 Å². The fourth-order valence-corrected chi connectivity index (χ4v) is 2.34. The molecule has 1 saturated heterocycles. The van der Waals surface area contributed by atoms with Gasteiger partial charge in [-0.15, -0.1) is 0 Å². The largest absolute Gasteiger partial charge is 0.398 e. The fourth-order valence-electron chi connectivity index (χ4n) is 2.34. The summed E-state index contributed by atoms with van der Waals surface area (Å²) in [5.41, 5.74) is 8.10. The SMILES string of the molecule is Cc1c(N)cccc1NC(=O)CCCN1CCN(C)C1=O. The van der Waals surface area contributed by atoms with Gasteiger partial charge in [0.25, 0.3) is 0 Å². The highest BCUT2D eigenvalue weighted by Crippen LogP contribution is 2.20. The normalized spacial score (nSPS) is 14.7. The third-order valence-corrected chi connectivity index (χ3v) is 3.78. The van der Waals surface area contributed by atoms with Crippen LogP contribution in [0.4, 0.5) is 16.2 Å². The quantitative estimate of drug-likeness (QED) is 0.810. The highest BCUT2D eigenvalue weighted by molar-refractivity contribution is 5.92. The van der Waals surface area contributed by atoms with Crippen LogP contribution >= 0.6 is 0 Å². The van der Waals surface area contributed by atoms with Crippen molar-refractivity contribution < 1.29 is 9.59 Å². The number of anilines is 2. The van der Waals surface area contributed by atoms with E-state index in [9.17, 15) is 9.59 Å². The average Bonchev–Trinajstić information content (AvgIpc) is 2.76. The number of nitrogens with one attached hydrogen (secondary N) is 1. The van der Waals surface area contributed by atoms with Gasteiger partial charge >= 0.3 is 6.03 Å². The van der Waals surface area contributed by atoms with Crippen LogP contribution in [0.3, 0.4) is 0 Å². The fraction of sp³-hybridized carbons (Fsp3) is 0.467. The maximum absolute atomic E-state index is 11.9. The van der Waals surface area contributed by atoms with Gasteiger partial charge in [-0.3, -0.25) is 4.79 Å². The van der Waals surface area contributed by atoms with Gasteiger partial charge in [0.1, 0.15) is 0 Å². The first-order valence-corrected chi connectivity index (χ1v) is 7.14. The van der Waals surface area contributed by atoms with E-state index in [0.717, 1.165) is 24.3 Å². The van der Waals surface area contributed by atoms with Crippen molar-refractivity contribution in [2.75, 3.05) is 37.7 Å². The predicted octanol–water partition coefficient (Wildman–Crippen LogP) is 1.66. The van der Waals surface area contributed by atoms with E-state index in [0.29, 0.717) is 25.1 Å². The Bertz CT molecular complexity index is 544. The number of likely N-dealkylation sites (N-methyl/N-ethyl adjacent to an activating group) is 1. The molecule has 1 aromatic rings. The van der Waals surface area contributed by atoms with Crippen molar-refractivity contribution in [3.8, 4) is 0 Å². The monoisotopic (exact) mass is 290 g/mol. The highest BCUT2D eigenvalue weighted by atomic mass is 16.2. The van der Waals surface area contributed by atoms with Gasteiger partial charge in [-0.25, -0.2) is 4.79 Å². The lowest BCUT2D eigenvalue weighted by molar-refractivity contribution is -0.116. The molecule has 3 N–H and O–H groups in total. The van der Waals surface area contributed by atoms with Gasteiger partial charge in [0.15, 0.2) is 0 Å². The second-order valence-corrected chi connectivity index (χ2v) is 5.36. The molecule has 0 spiro atoms. The molecular formula is C15H22N4O2. The van der Waals surface area contributed by atoms with Gasteiger partial charge in [-0.05, 0) is 31.0 Å². The number of hydrogen-bond acceptors (Lipinski definition) is 3. The third kappa shape index (κ3) is 3.65. The van der Waals surface area contributed by atoms with Crippen molar-refractivity contribution in [2.24, 2.45) is 0 Å². The van der Waals surface area contributed by atoms with E-state index in [1.165, 1.54) is 0 Å². The molecule has 21 heavy (non-hydrogen) atoms. The molecule has 0 radical (unpaired) electrons. The number of nitrogens with zero attached hydrogens (tertiary/aromatic N) is 2. The summed E-state index contributed by atoms with van der Waals surface area (Å²) in [5, 5.41) is 2.86. The second-order valence-electron chi connectivity index (χ2n) is 5.36. The molecule has 6 nitrogen and oxygen atoms in total. The topological polar surface area (TPSA) is 78.7 Å². The highest BCUT2D eigenvalue weighted by Gasteiger charge is 2.24. The molecule has 0 bridgehead atoms. The summed E-state index contributed by atoms with van der Waals surface area (Å²) in [5.74, 6) is -0.0521. The zero-order valence-electron chi connectivity index (χ0n) is 12.6. The summed E-state index contributed by atoms with van der Waals surface area (Å²) < 4.78 is 0. The molecule has 0 atom stereocenters. The lowest BCUT2D eigenvalue weighted by Gasteiger charge is -2.15. The second kappa shape index (κ2) is 6.47. The first-order valence-electron chi connectivity index (χ1n) is 7.14. The van der Waals surface area contributed by atoms with Gasteiger partial charge in [-0.2, -0.15) is 0 Å². The Balaban J connectivity index is 1.78. The number of benzene rings is 1. The lowest BCUT2D eigenvalue weighted by Crippen LogP contribution is -2.30. The summed E-state index contributed by atoms with van der Waals surface area (Å²) in [6.07, 6.45) is 1.05. The van der Waals surface area contributed by atoms with Crippen molar-refractivity contribution in [1.82, 2.24) is 9.80 Å². The molecule has 1 fully saturated rings. The van der Waals surface area contributed by atoms with Crippen LogP contribution in [-0.2, 0) is 4.79 Å². The number of nitrogen functional groups attached to an aromatic ring is 1. The lowest BCUT2D eigenvalue weighted by atomic mass is 10.1. The minimum Gasteiger partial charge on any atom is -0.398 e. The van der Waals surface area contributed by atoms with E-state index in [2.05, 4.69) is 5.32 Å². The van der Waals surface area contributed by atoms with Gasteiger partial charge in [0, 0.05) is 44.5 Å². The predicted molar refractivity (Wildman–Crippen MR) is 83.1 cm³/mol. The van der Waals surface area contributed by atoms with Crippen molar-refractivity contribution in [3.63, 3.8) is 0 Å². The standard InChI is InChI=1S/C15H22N4O2/c1-11-12(16)5-3-6-13(11)17-14(20)7-4-8-19-10-9-18(2)15(19)21/h3,5-6H,4,7-10,16H2,1-2H3,(H,17,20). The zero-order valence-corrected chi connectivity index (χ0v) is 12.6. The van der Waals surface area contributed by atoms with Gasteiger partial charge in [0.05, 0.1) is 0 Å². The molecule has 0 saturated carbocycles. The Morgan fingerprint density at radius 2 is 2.14 bits per heavy atom. The van der Waals surface area contributed by atoms with Crippen molar-refractivity contribution >= 4 is 23.3 Å². The number of nitrogens with two attached hydrogens (primary N) is 1. The molecule has 1 heterocycles. The Labute approximate surface area is 124 Å². The van der Waals surface area contributed by atoms with Crippen LogP contribution in [0.15, 0.2) is 18.2 Å². The molecule has 0 aliphatic carbocycles. The van der Waals surface area contributed by atoms with E-state index in [-0.39, 0.29) is 11.9 Å². The Morgan fingerprint density at radius 1 is 1.38 bits per heavy atom. The number of rotatable bonds is 5. The summed E-state index contributed by atoms with van der Waals surface area (Å²) in [7, 11) is 1.79. The summed E-state index contributed by atoms with van der Waals surface area (Å²) in [6, 6.07) is 5.50. The molecule has 6 heteroatoms. The van der Waals surface area contributed by atoms with Gasteiger partial charge < -0.3 is 20.9 Å². The van der Waals surface area contributed by atoms with Crippen LogP contribution in [0.1, 0.15) is 18.4 Å². The molecular weight excluding hydrogens is 268 g/mol. The Kier molecular flexibility index (Phi) is 4.67. The molecule has 114 valence electrons. The van der Waals surface area contributed by atoms with Crippen molar-refractivity contribution in [3.05, 3.63) is 23.8 Å². The minimum absolute atomic E-state index is 0.0436. The van der Waals surface area contributed by atoms with Crippen LogP contribution in [0.5, 0.6) is 0 Å². The Hall–Kier alpha value is -2.24. The molecule has 0 aromatic heterocycles. The van der Waals surface area contributed by atoms with E-state index < -0.39 is 0 Å². The average molecular weight is 290 g/mol. The first kappa shape index (κ1) is 15.2. The maximum atomic E-state index is 11.9. The van der Waals surface area contributed by atoms with Gasteiger partial charge in [0.2, 0.25) is 5.91 Å². The zero-order chi connectivity index (χ0) is 15.4. The minimum atomic E-state index is -0.0521. The summed E-state index contributed by atoms with van der Waals surface area (Å²) in [4.78, 5) is 27.1. The summed E-state index contributed by atoms with van der Waals surface area (Å²) in [6.45, 7) is 4.00. The van der Waals surface area contributed by atoms with Crippen molar-refractivity contribution in [1.29, 1.82) is 0 Å². The van der Waals surface area contributed by atoms with E-state index >= 15 is 0 Å².